The summed E-state index contributed by atoms with van der Waals surface area (Å²) < 4.78 is 5.59. The summed E-state index contributed by atoms with van der Waals surface area (Å²) in [6.07, 6.45) is 2.06. The summed E-state index contributed by atoms with van der Waals surface area (Å²) in [5.41, 5.74) is 1.22. The van der Waals surface area contributed by atoms with Crippen molar-refractivity contribution in [2.24, 2.45) is 5.92 Å². The van der Waals surface area contributed by atoms with Crippen molar-refractivity contribution in [3.63, 3.8) is 0 Å². The van der Waals surface area contributed by atoms with Gasteiger partial charge in [0, 0.05) is 18.6 Å². The Balaban J connectivity index is 2.03. The standard InChI is InChI=1S/C14H19Cl2NO/c1-2-17-14-5-6-18-9-11(14)7-10-3-4-12(15)13(16)8-10/h3-4,8,11,14,17H,2,5-7,9H2,1H3/t11-,14-/m1/s1. The van der Waals surface area contributed by atoms with E-state index in [-0.39, 0.29) is 0 Å². The molecule has 1 saturated heterocycles. The van der Waals surface area contributed by atoms with Crippen LogP contribution in [0.4, 0.5) is 0 Å². The second kappa shape index (κ2) is 6.76. The molecule has 1 aliphatic rings. The molecule has 0 unspecified atom stereocenters. The molecule has 0 spiro atoms. The molecule has 100 valence electrons. The average molecular weight is 288 g/mol. The number of rotatable bonds is 4. The number of benzene rings is 1. The van der Waals surface area contributed by atoms with Gasteiger partial charge in [0.2, 0.25) is 0 Å². The van der Waals surface area contributed by atoms with Gasteiger partial charge in [-0.1, -0.05) is 36.2 Å². The SMILES string of the molecule is CCN[C@@H]1CCOC[C@H]1Cc1ccc(Cl)c(Cl)c1. The van der Waals surface area contributed by atoms with Crippen LogP contribution in [0.1, 0.15) is 18.9 Å². The molecule has 0 aromatic heterocycles. The van der Waals surface area contributed by atoms with Crippen molar-refractivity contribution in [1.82, 2.24) is 5.32 Å². The summed E-state index contributed by atoms with van der Waals surface area (Å²) in [7, 11) is 0. The number of halogens is 2. The van der Waals surface area contributed by atoms with E-state index >= 15 is 0 Å². The minimum atomic E-state index is 0.510. The van der Waals surface area contributed by atoms with E-state index in [2.05, 4.69) is 12.2 Å². The molecule has 0 saturated carbocycles. The number of hydrogen-bond donors (Lipinski definition) is 1. The van der Waals surface area contributed by atoms with Crippen LogP contribution in [0.5, 0.6) is 0 Å². The first kappa shape index (κ1) is 14.1. The molecule has 0 aliphatic carbocycles. The Morgan fingerprint density at radius 2 is 2.17 bits per heavy atom. The van der Waals surface area contributed by atoms with Crippen molar-refractivity contribution in [3.8, 4) is 0 Å². The van der Waals surface area contributed by atoms with Gasteiger partial charge in [-0.05, 0) is 37.1 Å². The van der Waals surface area contributed by atoms with Gasteiger partial charge in [-0.2, -0.15) is 0 Å². The van der Waals surface area contributed by atoms with Crippen LogP contribution >= 0.6 is 23.2 Å². The van der Waals surface area contributed by atoms with Crippen LogP contribution in [0, 0.1) is 5.92 Å². The maximum absolute atomic E-state index is 6.05. The molecule has 1 aromatic rings. The lowest BCUT2D eigenvalue weighted by Gasteiger charge is -2.32. The second-order valence-electron chi connectivity index (χ2n) is 4.74. The molecule has 18 heavy (non-hydrogen) atoms. The third-order valence-electron chi connectivity index (χ3n) is 3.42. The third kappa shape index (κ3) is 3.61. The summed E-state index contributed by atoms with van der Waals surface area (Å²) in [6, 6.07) is 6.41. The quantitative estimate of drug-likeness (QED) is 0.914. The van der Waals surface area contributed by atoms with Gasteiger partial charge in [0.25, 0.3) is 0 Å². The molecule has 1 fully saturated rings. The molecule has 2 nitrogen and oxygen atoms in total. The third-order valence-corrected chi connectivity index (χ3v) is 4.16. The molecular weight excluding hydrogens is 269 g/mol. The van der Waals surface area contributed by atoms with Crippen LogP contribution in [-0.4, -0.2) is 25.8 Å². The highest BCUT2D eigenvalue weighted by atomic mass is 35.5. The Morgan fingerprint density at radius 3 is 2.89 bits per heavy atom. The molecular formula is C14H19Cl2NO. The van der Waals surface area contributed by atoms with E-state index in [0.717, 1.165) is 32.6 Å². The monoisotopic (exact) mass is 287 g/mol. The first-order valence-corrected chi connectivity index (χ1v) is 7.21. The van der Waals surface area contributed by atoms with Crippen molar-refractivity contribution in [2.75, 3.05) is 19.8 Å². The Kier molecular flexibility index (Phi) is 5.31. The van der Waals surface area contributed by atoms with Crippen LogP contribution in [-0.2, 0) is 11.2 Å². The predicted molar refractivity (Wildman–Crippen MR) is 76.6 cm³/mol. The fourth-order valence-corrected chi connectivity index (χ4v) is 2.82. The molecule has 0 amide bonds. The van der Waals surface area contributed by atoms with E-state index < -0.39 is 0 Å². The first-order chi connectivity index (χ1) is 8.70. The maximum atomic E-state index is 6.05. The van der Waals surface area contributed by atoms with Gasteiger partial charge in [-0.3, -0.25) is 0 Å². The summed E-state index contributed by atoms with van der Waals surface area (Å²) in [5.74, 6) is 0.510. The largest absolute Gasteiger partial charge is 0.381 e. The topological polar surface area (TPSA) is 21.3 Å². The zero-order chi connectivity index (χ0) is 13.0. The Morgan fingerprint density at radius 1 is 1.33 bits per heavy atom. The van der Waals surface area contributed by atoms with Gasteiger partial charge < -0.3 is 10.1 Å². The van der Waals surface area contributed by atoms with E-state index in [0.29, 0.717) is 22.0 Å². The number of hydrogen-bond acceptors (Lipinski definition) is 2. The fraction of sp³-hybridized carbons (Fsp3) is 0.571. The van der Waals surface area contributed by atoms with Crippen LogP contribution in [0.15, 0.2) is 18.2 Å². The lowest BCUT2D eigenvalue weighted by atomic mass is 9.89. The van der Waals surface area contributed by atoms with Crippen molar-refractivity contribution >= 4 is 23.2 Å². The van der Waals surface area contributed by atoms with Gasteiger partial charge in [-0.25, -0.2) is 0 Å². The van der Waals surface area contributed by atoms with E-state index in [1.165, 1.54) is 5.56 Å². The first-order valence-electron chi connectivity index (χ1n) is 6.45. The van der Waals surface area contributed by atoms with Crippen LogP contribution in [0.3, 0.4) is 0 Å². The minimum Gasteiger partial charge on any atom is -0.381 e. The van der Waals surface area contributed by atoms with Crippen molar-refractivity contribution in [1.29, 1.82) is 0 Å². The zero-order valence-electron chi connectivity index (χ0n) is 10.6. The lowest BCUT2D eigenvalue weighted by Crippen LogP contribution is -2.43. The zero-order valence-corrected chi connectivity index (χ0v) is 12.1. The Labute approximate surface area is 119 Å². The van der Waals surface area contributed by atoms with Gasteiger partial charge >= 0.3 is 0 Å². The molecule has 2 atom stereocenters. The lowest BCUT2D eigenvalue weighted by molar-refractivity contribution is 0.0327. The van der Waals surface area contributed by atoms with Gasteiger partial charge in [0.1, 0.15) is 0 Å². The van der Waals surface area contributed by atoms with Gasteiger partial charge in [0.15, 0.2) is 0 Å². The van der Waals surface area contributed by atoms with Crippen molar-refractivity contribution in [3.05, 3.63) is 33.8 Å². The van der Waals surface area contributed by atoms with E-state index in [1.807, 2.05) is 18.2 Å². The summed E-state index contributed by atoms with van der Waals surface area (Å²) in [5, 5.41) is 4.79. The summed E-state index contributed by atoms with van der Waals surface area (Å²) in [6.45, 7) is 4.82. The van der Waals surface area contributed by atoms with E-state index in [9.17, 15) is 0 Å². The second-order valence-corrected chi connectivity index (χ2v) is 5.55. The predicted octanol–water partition coefficient (Wildman–Crippen LogP) is 3.55. The molecule has 1 N–H and O–H groups in total. The van der Waals surface area contributed by atoms with Crippen LogP contribution < -0.4 is 5.32 Å². The minimum absolute atomic E-state index is 0.510. The Bertz CT molecular complexity index is 395. The summed E-state index contributed by atoms with van der Waals surface area (Å²) in [4.78, 5) is 0. The molecule has 0 radical (unpaired) electrons. The Hall–Kier alpha value is -0.280. The fourth-order valence-electron chi connectivity index (χ4n) is 2.50. The molecule has 4 heteroatoms. The van der Waals surface area contributed by atoms with Crippen molar-refractivity contribution in [2.45, 2.75) is 25.8 Å². The van der Waals surface area contributed by atoms with E-state index in [4.69, 9.17) is 27.9 Å². The van der Waals surface area contributed by atoms with Crippen LogP contribution in [0.2, 0.25) is 10.0 Å². The molecule has 1 aromatic carbocycles. The highest BCUT2D eigenvalue weighted by molar-refractivity contribution is 6.42. The number of nitrogens with one attached hydrogen (secondary N) is 1. The summed E-state index contributed by atoms with van der Waals surface area (Å²) >= 11 is 12.0. The normalized spacial score (nSPS) is 24.2. The van der Waals surface area contributed by atoms with Gasteiger partial charge in [-0.15, -0.1) is 0 Å². The highest BCUT2D eigenvalue weighted by Gasteiger charge is 2.25. The molecule has 2 rings (SSSR count). The van der Waals surface area contributed by atoms with Crippen molar-refractivity contribution < 1.29 is 4.74 Å². The average Bonchev–Trinajstić information content (AvgIpc) is 2.37. The van der Waals surface area contributed by atoms with Crippen LogP contribution in [0.25, 0.3) is 0 Å². The molecule has 0 bridgehead atoms. The highest BCUT2D eigenvalue weighted by Crippen LogP contribution is 2.26. The molecule has 1 heterocycles. The van der Waals surface area contributed by atoms with E-state index in [1.54, 1.807) is 0 Å². The smallest absolute Gasteiger partial charge is 0.0595 e. The van der Waals surface area contributed by atoms with Gasteiger partial charge in [0.05, 0.1) is 16.7 Å². The molecule has 1 aliphatic heterocycles. The number of ether oxygens (including phenoxy) is 1. The maximum Gasteiger partial charge on any atom is 0.0595 e.